The van der Waals surface area contributed by atoms with Gasteiger partial charge in [0.05, 0.1) is 17.9 Å². The van der Waals surface area contributed by atoms with Crippen LogP contribution in [0.4, 0.5) is 10.2 Å². The number of imidazole rings is 1. The maximum absolute atomic E-state index is 13.4. The number of hydrogen-bond donors (Lipinski definition) is 1. The fraction of sp³-hybridized carbons (Fsp3) is 0.455. The van der Waals surface area contributed by atoms with Crippen LogP contribution in [0.3, 0.4) is 0 Å². The van der Waals surface area contributed by atoms with Crippen molar-refractivity contribution in [2.45, 2.75) is 57.2 Å². The number of aromatic amines is 1. The molecule has 0 radical (unpaired) electrons. The van der Waals surface area contributed by atoms with Crippen molar-refractivity contribution in [1.82, 2.24) is 24.8 Å². The van der Waals surface area contributed by atoms with Gasteiger partial charge in [-0.25, -0.2) is 19.3 Å². The molecule has 0 saturated carbocycles. The van der Waals surface area contributed by atoms with Crippen LogP contribution in [0.25, 0.3) is 11.2 Å². The van der Waals surface area contributed by atoms with E-state index in [-0.39, 0.29) is 23.3 Å². The number of hydrogen-bond acceptors (Lipinski definition) is 5. The highest BCUT2D eigenvalue weighted by Gasteiger charge is 2.50. The molecule has 30 heavy (non-hydrogen) atoms. The van der Waals surface area contributed by atoms with Gasteiger partial charge < -0.3 is 14.8 Å². The number of rotatable bonds is 3. The maximum atomic E-state index is 13.4. The van der Waals surface area contributed by atoms with E-state index in [9.17, 15) is 9.18 Å². The number of nitrogens with one attached hydrogen (secondary N) is 1. The Bertz CT molecular complexity index is 1070. The second-order valence-electron chi connectivity index (χ2n) is 8.47. The molecule has 2 aliphatic heterocycles. The molecule has 2 aromatic heterocycles. The molecule has 8 heteroatoms. The number of anilines is 1. The summed E-state index contributed by atoms with van der Waals surface area (Å²) in [6, 6.07) is 6.60. The SMILES string of the molecule is C[C@]12CCN(c3ncnc4nc[nH]c34)C1CCCCC(=O)N2Cc1ccc(F)cc1. The quantitative estimate of drug-likeness (QED) is 0.718. The molecule has 2 saturated heterocycles. The number of likely N-dealkylation sites (tertiary alicyclic amines) is 1. The molecule has 2 aliphatic rings. The number of halogens is 1. The Morgan fingerprint density at radius 3 is 2.87 bits per heavy atom. The molecule has 156 valence electrons. The number of fused-ring (bicyclic) bond motifs is 2. The average molecular weight is 408 g/mol. The number of nitrogens with zero attached hydrogens (tertiary/aromatic N) is 5. The fourth-order valence-electron chi connectivity index (χ4n) is 5.09. The molecule has 2 atom stereocenters. The van der Waals surface area contributed by atoms with Crippen LogP contribution in [-0.2, 0) is 11.3 Å². The van der Waals surface area contributed by atoms with Gasteiger partial charge in [0.2, 0.25) is 5.91 Å². The van der Waals surface area contributed by atoms with Crippen molar-refractivity contribution >= 4 is 22.9 Å². The monoisotopic (exact) mass is 408 g/mol. The van der Waals surface area contributed by atoms with E-state index in [1.807, 2.05) is 4.90 Å². The van der Waals surface area contributed by atoms with Crippen molar-refractivity contribution in [3.05, 3.63) is 48.3 Å². The number of benzene rings is 1. The van der Waals surface area contributed by atoms with Crippen LogP contribution in [-0.4, -0.2) is 48.9 Å². The summed E-state index contributed by atoms with van der Waals surface area (Å²) >= 11 is 0. The number of aromatic nitrogens is 4. The summed E-state index contributed by atoms with van der Waals surface area (Å²) in [5.41, 5.74) is 2.10. The highest BCUT2D eigenvalue weighted by molar-refractivity contribution is 5.83. The Kier molecular flexibility index (Phi) is 4.64. The number of carbonyl (C=O) groups excluding carboxylic acids is 1. The molecular weight excluding hydrogens is 383 g/mol. The third-order valence-corrected chi connectivity index (χ3v) is 6.72. The first-order valence-corrected chi connectivity index (χ1v) is 10.5. The molecule has 1 unspecified atom stereocenters. The fourth-order valence-corrected chi connectivity index (χ4v) is 5.09. The Balaban J connectivity index is 1.52. The summed E-state index contributed by atoms with van der Waals surface area (Å²) in [6.45, 7) is 3.48. The molecule has 0 aliphatic carbocycles. The van der Waals surface area contributed by atoms with Crippen LogP contribution in [0.2, 0.25) is 0 Å². The third kappa shape index (κ3) is 3.11. The third-order valence-electron chi connectivity index (χ3n) is 6.72. The number of amides is 1. The Morgan fingerprint density at radius 1 is 1.20 bits per heavy atom. The van der Waals surface area contributed by atoms with E-state index in [4.69, 9.17) is 0 Å². The van der Waals surface area contributed by atoms with Gasteiger partial charge in [-0.1, -0.05) is 18.6 Å². The minimum atomic E-state index is -0.330. The summed E-state index contributed by atoms with van der Waals surface area (Å²) in [5, 5.41) is 0. The zero-order chi connectivity index (χ0) is 20.7. The van der Waals surface area contributed by atoms with Gasteiger partial charge in [-0.2, -0.15) is 0 Å². The van der Waals surface area contributed by atoms with Crippen molar-refractivity contribution in [3.63, 3.8) is 0 Å². The Labute approximate surface area is 174 Å². The van der Waals surface area contributed by atoms with Crippen LogP contribution in [0.15, 0.2) is 36.9 Å². The lowest BCUT2D eigenvalue weighted by molar-refractivity contribution is -0.139. The van der Waals surface area contributed by atoms with Crippen molar-refractivity contribution in [2.75, 3.05) is 11.4 Å². The highest BCUT2D eigenvalue weighted by atomic mass is 19.1. The van der Waals surface area contributed by atoms with E-state index in [2.05, 4.69) is 31.8 Å². The lowest BCUT2D eigenvalue weighted by Gasteiger charge is -2.46. The molecule has 1 N–H and O–H groups in total. The maximum Gasteiger partial charge on any atom is 0.223 e. The summed E-state index contributed by atoms with van der Waals surface area (Å²) < 4.78 is 13.4. The molecule has 2 fully saturated rings. The minimum absolute atomic E-state index is 0.142. The molecule has 1 amide bonds. The van der Waals surface area contributed by atoms with E-state index in [0.29, 0.717) is 18.6 Å². The van der Waals surface area contributed by atoms with Crippen LogP contribution < -0.4 is 4.90 Å². The zero-order valence-electron chi connectivity index (χ0n) is 17.0. The van der Waals surface area contributed by atoms with Crippen molar-refractivity contribution in [1.29, 1.82) is 0 Å². The number of H-pyrrole nitrogens is 1. The molecule has 0 bridgehead atoms. The lowest BCUT2D eigenvalue weighted by Crippen LogP contribution is -2.57. The normalized spacial score (nSPS) is 24.7. The predicted octanol–water partition coefficient (Wildman–Crippen LogP) is 3.43. The van der Waals surface area contributed by atoms with Crippen molar-refractivity contribution < 1.29 is 9.18 Å². The largest absolute Gasteiger partial charge is 0.349 e. The topological polar surface area (TPSA) is 78.0 Å². The number of carbonyl (C=O) groups is 1. The van der Waals surface area contributed by atoms with Gasteiger partial charge in [-0.05, 0) is 43.9 Å². The molecular formula is C22H25FN6O. The van der Waals surface area contributed by atoms with Crippen LogP contribution in [0.5, 0.6) is 0 Å². The Hall–Kier alpha value is -3.03. The van der Waals surface area contributed by atoms with E-state index in [0.717, 1.165) is 49.1 Å². The molecule has 0 spiro atoms. The average Bonchev–Trinajstić information content (AvgIpc) is 3.34. The van der Waals surface area contributed by atoms with Gasteiger partial charge >= 0.3 is 0 Å². The molecule has 5 rings (SSSR count). The smallest absolute Gasteiger partial charge is 0.223 e. The van der Waals surface area contributed by atoms with Crippen LogP contribution in [0, 0.1) is 5.82 Å². The zero-order valence-corrected chi connectivity index (χ0v) is 17.0. The van der Waals surface area contributed by atoms with Crippen LogP contribution in [0.1, 0.15) is 44.6 Å². The van der Waals surface area contributed by atoms with Gasteiger partial charge in [0.15, 0.2) is 11.5 Å². The van der Waals surface area contributed by atoms with Crippen LogP contribution >= 0.6 is 0 Å². The van der Waals surface area contributed by atoms with Gasteiger partial charge in [0.25, 0.3) is 0 Å². The second kappa shape index (κ2) is 7.34. The first-order chi connectivity index (χ1) is 14.6. The first kappa shape index (κ1) is 19.0. The standard InChI is InChI=1S/C22H25FN6O/c1-22-10-11-28(21-19-20(25-13-24-19)26-14-27-21)17(22)4-2-3-5-18(30)29(22)12-15-6-8-16(23)9-7-15/h6-9,13-14,17H,2-5,10-12H2,1H3,(H,24,25,26,27)/t17?,22-/m0/s1. The summed E-state index contributed by atoms with van der Waals surface area (Å²) in [6.07, 6.45) is 7.47. The second-order valence-corrected chi connectivity index (χ2v) is 8.47. The summed E-state index contributed by atoms with van der Waals surface area (Å²) in [4.78, 5) is 33.8. The van der Waals surface area contributed by atoms with Gasteiger partial charge in [0.1, 0.15) is 17.7 Å². The first-order valence-electron chi connectivity index (χ1n) is 10.5. The van der Waals surface area contributed by atoms with E-state index in [1.54, 1.807) is 24.8 Å². The lowest BCUT2D eigenvalue weighted by atomic mass is 9.84. The van der Waals surface area contributed by atoms with E-state index >= 15 is 0 Å². The van der Waals surface area contributed by atoms with Gasteiger partial charge in [-0.15, -0.1) is 0 Å². The molecule has 1 aromatic carbocycles. The van der Waals surface area contributed by atoms with E-state index in [1.165, 1.54) is 12.1 Å². The molecule has 7 nitrogen and oxygen atoms in total. The molecule has 3 aromatic rings. The highest BCUT2D eigenvalue weighted by Crippen LogP contribution is 2.42. The minimum Gasteiger partial charge on any atom is -0.349 e. The summed E-state index contributed by atoms with van der Waals surface area (Å²) in [7, 11) is 0. The van der Waals surface area contributed by atoms with E-state index < -0.39 is 0 Å². The predicted molar refractivity (Wildman–Crippen MR) is 111 cm³/mol. The van der Waals surface area contributed by atoms with Gasteiger partial charge in [-0.3, -0.25) is 4.79 Å². The van der Waals surface area contributed by atoms with Crippen molar-refractivity contribution in [2.24, 2.45) is 0 Å². The van der Waals surface area contributed by atoms with Crippen molar-refractivity contribution in [3.8, 4) is 0 Å². The summed E-state index contributed by atoms with van der Waals surface area (Å²) in [5.74, 6) is 0.755. The molecule has 4 heterocycles. The Morgan fingerprint density at radius 2 is 2.03 bits per heavy atom. The van der Waals surface area contributed by atoms with Gasteiger partial charge in [0, 0.05) is 19.5 Å².